The Labute approximate surface area is 77.0 Å². The number of hydrogen-bond donors (Lipinski definition) is 2. The molecule has 1 aliphatic carbocycles. The predicted octanol–water partition coefficient (Wildman–Crippen LogP) is 1.09. The van der Waals surface area contributed by atoms with Crippen molar-refractivity contribution >= 4 is 5.69 Å². The topological polar surface area (TPSA) is 75.8 Å². The van der Waals surface area contributed by atoms with Gasteiger partial charge < -0.3 is 11.5 Å². The molecule has 0 fully saturated rings. The van der Waals surface area contributed by atoms with Crippen LogP contribution < -0.4 is 11.5 Å². The number of hydrogen-bond acceptors (Lipinski definition) is 3. The van der Waals surface area contributed by atoms with E-state index in [1.165, 1.54) is 0 Å². The van der Waals surface area contributed by atoms with Gasteiger partial charge in [-0.05, 0) is 36.1 Å². The van der Waals surface area contributed by atoms with Gasteiger partial charge >= 0.3 is 0 Å². The Hall–Kier alpha value is -1.53. The standard InChI is InChI=1S/C10H11N3/c11-5-6-3-8-7(10(13)4-6)1-2-9(8)12/h3-4,9H,1-2,12-13H2/t9-/m0/s1. The third kappa shape index (κ3) is 1.16. The molecule has 0 radical (unpaired) electrons. The van der Waals surface area contributed by atoms with Crippen LogP contribution >= 0.6 is 0 Å². The first-order valence-electron chi connectivity index (χ1n) is 4.30. The molecule has 0 saturated carbocycles. The van der Waals surface area contributed by atoms with Gasteiger partial charge in [0.05, 0.1) is 11.6 Å². The van der Waals surface area contributed by atoms with Crippen LogP contribution in [-0.4, -0.2) is 0 Å². The van der Waals surface area contributed by atoms with Gasteiger partial charge in [-0.15, -0.1) is 0 Å². The number of rotatable bonds is 0. The second-order valence-electron chi connectivity index (χ2n) is 3.39. The van der Waals surface area contributed by atoms with E-state index in [1.807, 2.05) is 6.07 Å². The Balaban J connectivity index is 2.61. The van der Waals surface area contributed by atoms with E-state index in [-0.39, 0.29) is 6.04 Å². The maximum Gasteiger partial charge on any atom is 0.0992 e. The Bertz CT molecular complexity index is 390. The number of nitrogens with two attached hydrogens (primary N) is 2. The maximum absolute atomic E-state index is 8.73. The zero-order valence-electron chi connectivity index (χ0n) is 7.25. The lowest BCUT2D eigenvalue weighted by molar-refractivity contribution is 0.713. The van der Waals surface area contributed by atoms with E-state index in [9.17, 15) is 0 Å². The van der Waals surface area contributed by atoms with Crippen molar-refractivity contribution in [2.45, 2.75) is 18.9 Å². The van der Waals surface area contributed by atoms with E-state index in [2.05, 4.69) is 6.07 Å². The summed E-state index contributed by atoms with van der Waals surface area (Å²) in [5.74, 6) is 0. The second kappa shape index (κ2) is 2.75. The predicted molar refractivity (Wildman–Crippen MR) is 50.8 cm³/mol. The van der Waals surface area contributed by atoms with Gasteiger partial charge in [0.1, 0.15) is 0 Å². The highest BCUT2D eigenvalue weighted by Crippen LogP contribution is 2.33. The number of nitrogens with zero attached hydrogens (tertiary/aromatic N) is 1. The fourth-order valence-corrected chi connectivity index (χ4v) is 1.86. The zero-order valence-corrected chi connectivity index (χ0v) is 7.25. The van der Waals surface area contributed by atoms with Gasteiger partial charge in [-0.1, -0.05) is 0 Å². The molecule has 0 spiro atoms. The van der Waals surface area contributed by atoms with Gasteiger partial charge in [-0.2, -0.15) is 5.26 Å². The third-order valence-corrected chi connectivity index (χ3v) is 2.55. The van der Waals surface area contributed by atoms with E-state index in [0.717, 1.165) is 24.0 Å². The zero-order chi connectivity index (χ0) is 9.42. The summed E-state index contributed by atoms with van der Waals surface area (Å²) in [7, 11) is 0. The van der Waals surface area contributed by atoms with Gasteiger partial charge in [0.25, 0.3) is 0 Å². The summed E-state index contributed by atoms with van der Waals surface area (Å²) in [6, 6.07) is 5.71. The molecule has 4 N–H and O–H groups in total. The summed E-state index contributed by atoms with van der Waals surface area (Å²) >= 11 is 0. The molecule has 0 heterocycles. The van der Waals surface area contributed by atoms with Crippen LogP contribution in [0.5, 0.6) is 0 Å². The van der Waals surface area contributed by atoms with Crippen molar-refractivity contribution in [1.29, 1.82) is 5.26 Å². The Kier molecular flexibility index (Phi) is 1.71. The molecule has 0 unspecified atom stereocenters. The molecule has 66 valence electrons. The van der Waals surface area contributed by atoms with Gasteiger partial charge in [0, 0.05) is 11.7 Å². The SMILES string of the molecule is N#Cc1cc(N)c2c(c1)[C@@H](N)CC2. The highest BCUT2D eigenvalue weighted by molar-refractivity contribution is 5.58. The summed E-state index contributed by atoms with van der Waals surface area (Å²) in [6.45, 7) is 0. The van der Waals surface area contributed by atoms with Crippen molar-refractivity contribution in [3.8, 4) is 6.07 Å². The normalized spacial score (nSPS) is 19.5. The molecule has 0 aromatic heterocycles. The van der Waals surface area contributed by atoms with Crippen LogP contribution in [0.4, 0.5) is 5.69 Å². The lowest BCUT2D eigenvalue weighted by Crippen LogP contribution is -2.06. The number of fused-ring (bicyclic) bond motifs is 1. The van der Waals surface area contributed by atoms with Crippen LogP contribution in [0.1, 0.15) is 29.2 Å². The van der Waals surface area contributed by atoms with Crippen LogP contribution in [-0.2, 0) is 6.42 Å². The second-order valence-corrected chi connectivity index (χ2v) is 3.39. The summed E-state index contributed by atoms with van der Waals surface area (Å²) in [6.07, 6.45) is 1.88. The van der Waals surface area contributed by atoms with Crippen LogP contribution in [0.3, 0.4) is 0 Å². The van der Waals surface area contributed by atoms with Crippen molar-refractivity contribution in [3.05, 3.63) is 28.8 Å². The highest BCUT2D eigenvalue weighted by atomic mass is 14.7. The van der Waals surface area contributed by atoms with E-state index in [0.29, 0.717) is 11.3 Å². The first kappa shape index (κ1) is 8.09. The van der Waals surface area contributed by atoms with Crippen LogP contribution in [0.25, 0.3) is 0 Å². The molecule has 3 nitrogen and oxygen atoms in total. The summed E-state index contributed by atoms with van der Waals surface area (Å²) in [5.41, 5.74) is 15.2. The van der Waals surface area contributed by atoms with Crippen LogP contribution in [0.15, 0.2) is 12.1 Å². The largest absolute Gasteiger partial charge is 0.398 e. The first-order valence-corrected chi connectivity index (χ1v) is 4.30. The summed E-state index contributed by atoms with van der Waals surface area (Å²) in [4.78, 5) is 0. The third-order valence-electron chi connectivity index (χ3n) is 2.55. The Morgan fingerprint density at radius 2 is 2.23 bits per heavy atom. The molecule has 1 aromatic carbocycles. The lowest BCUT2D eigenvalue weighted by Gasteiger charge is -2.06. The van der Waals surface area contributed by atoms with Crippen molar-refractivity contribution in [2.75, 3.05) is 5.73 Å². The van der Waals surface area contributed by atoms with E-state index < -0.39 is 0 Å². The minimum atomic E-state index is 0.0607. The molecule has 1 atom stereocenters. The average Bonchev–Trinajstić information content (AvgIpc) is 2.48. The lowest BCUT2D eigenvalue weighted by atomic mass is 10.0. The fraction of sp³-hybridized carbons (Fsp3) is 0.300. The molecule has 0 amide bonds. The van der Waals surface area contributed by atoms with Gasteiger partial charge in [0.15, 0.2) is 0 Å². The monoisotopic (exact) mass is 173 g/mol. The van der Waals surface area contributed by atoms with Gasteiger partial charge in [-0.3, -0.25) is 0 Å². The fourth-order valence-electron chi connectivity index (χ4n) is 1.86. The van der Waals surface area contributed by atoms with Crippen molar-refractivity contribution < 1.29 is 0 Å². The molecule has 0 aliphatic heterocycles. The van der Waals surface area contributed by atoms with Crippen molar-refractivity contribution in [3.63, 3.8) is 0 Å². The molecule has 0 saturated heterocycles. The minimum absolute atomic E-state index is 0.0607. The van der Waals surface area contributed by atoms with Crippen LogP contribution in [0.2, 0.25) is 0 Å². The number of benzene rings is 1. The summed E-state index contributed by atoms with van der Waals surface area (Å²) in [5, 5.41) is 8.73. The number of nitrogen functional groups attached to an aromatic ring is 1. The molecule has 2 rings (SSSR count). The van der Waals surface area contributed by atoms with Gasteiger partial charge in [-0.25, -0.2) is 0 Å². The number of anilines is 1. The Morgan fingerprint density at radius 3 is 2.92 bits per heavy atom. The molecular formula is C10H11N3. The average molecular weight is 173 g/mol. The smallest absolute Gasteiger partial charge is 0.0992 e. The van der Waals surface area contributed by atoms with E-state index in [1.54, 1.807) is 6.07 Å². The quantitative estimate of drug-likeness (QED) is 0.576. The molecule has 1 aromatic rings. The molecule has 0 bridgehead atoms. The van der Waals surface area contributed by atoms with Crippen LogP contribution in [0, 0.1) is 11.3 Å². The summed E-state index contributed by atoms with van der Waals surface area (Å²) < 4.78 is 0. The van der Waals surface area contributed by atoms with E-state index >= 15 is 0 Å². The molecule has 3 heteroatoms. The molecule has 1 aliphatic rings. The van der Waals surface area contributed by atoms with Gasteiger partial charge in [0.2, 0.25) is 0 Å². The first-order chi connectivity index (χ1) is 6.22. The Morgan fingerprint density at radius 1 is 1.46 bits per heavy atom. The maximum atomic E-state index is 8.73. The molecular weight excluding hydrogens is 162 g/mol. The highest BCUT2D eigenvalue weighted by Gasteiger charge is 2.21. The van der Waals surface area contributed by atoms with Crippen molar-refractivity contribution in [2.24, 2.45) is 5.73 Å². The van der Waals surface area contributed by atoms with E-state index in [4.69, 9.17) is 16.7 Å². The number of nitriles is 1. The minimum Gasteiger partial charge on any atom is -0.398 e. The van der Waals surface area contributed by atoms with Crippen molar-refractivity contribution in [1.82, 2.24) is 0 Å². The molecule has 13 heavy (non-hydrogen) atoms.